The lowest BCUT2D eigenvalue weighted by Gasteiger charge is -2.07. The number of aromatic hydroxyl groups is 1. The Kier molecular flexibility index (Phi) is 4.82. The fourth-order valence-electron chi connectivity index (χ4n) is 2.49. The summed E-state index contributed by atoms with van der Waals surface area (Å²) < 4.78 is 6.59. The number of carbonyl (C=O) groups is 1. The maximum Gasteiger partial charge on any atom is 0.197 e. The van der Waals surface area contributed by atoms with Gasteiger partial charge in [-0.2, -0.15) is 0 Å². The molecule has 1 N–H and O–H groups in total. The van der Waals surface area contributed by atoms with E-state index in [0.717, 1.165) is 0 Å². The third-order valence-corrected chi connectivity index (χ3v) is 5.02. The van der Waals surface area contributed by atoms with Crippen LogP contribution in [0, 0.1) is 0 Å². The summed E-state index contributed by atoms with van der Waals surface area (Å²) in [5, 5.41) is 10.00. The van der Waals surface area contributed by atoms with Crippen LogP contribution in [0.3, 0.4) is 0 Å². The molecular weight excluding hydrogens is 458 g/mol. The Morgan fingerprint density at radius 2 is 1.88 bits per heavy atom. The minimum atomic E-state index is -0.485. The van der Waals surface area contributed by atoms with Crippen LogP contribution < -0.4 is 5.46 Å². The first-order valence-electron chi connectivity index (χ1n) is 6.98. The minimum Gasteiger partial charge on any atom is -0.506 e. The highest BCUT2D eigenvalue weighted by Gasteiger charge is 2.25. The second kappa shape index (κ2) is 6.58. The smallest absolute Gasteiger partial charge is 0.197 e. The molecule has 0 saturated carbocycles. The number of phenols is 1. The number of fused-ring (bicyclic) bond motifs is 1. The number of alkyl halides is 1. The predicted molar refractivity (Wildman–Crippen MR) is 103 cm³/mol. The highest BCUT2D eigenvalue weighted by Crippen LogP contribution is 2.37. The first-order chi connectivity index (χ1) is 11.3. The zero-order valence-electron chi connectivity index (χ0n) is 12.4. The highest BCUT2D eigenvalue weighted by atomic mass is 79.9. The van der Waals surface area contributed by atoms with Crippen molar-refractivity contribution >= 4 is 73.5 Å². The first-order valence-corrected chi connectivity index (χ1v) is 9.00. The SMILES string of the molecule is [B]c1ccc2c(C(=O)c3cc(Br)c(O)c(Br)c3)c(C(C)Cl)oc2c1. The van der Waals surface area contributed by atoms with Crippen LogP contribution in [-0.2, 0) is 0 Å². The van der Waals surface area contributed by atoms with E-state index in [1.165, 1.54) is 0 Å². The number of hydrogen-bond donors (Lipinski definition) is 1. The summed E-state index contributed by atoms with van der Waals surface area (Å²) >= 11 is 12.7. The Bertz CT molecular complexity index is 943. The first kappa shape index (κ1) is 17.6. The van der Waals surface area contributed by atoms with Crippen LogP contribution in [0.2, 0.25) is 0 Å². The molecule has 0 fully saturated rings. The molecule has 1 unspecified atom stereocenters. The Morgan fingerprint density at radius 3 is 2.46 bits per heavy atom. The van der Waals surface area contributed by atoms with Crippen LogP contribution in [0.15, 0.2) is 43.7 Å². The summed E-state index contributed by atoms with van der Waals surface area (Å²) in [5.41, 5.74) is 1.85. The number of ketones is 1. The van der Waals surface area contributed by atoms with E-state index >= 15 is 0 Å². The number of carbonyl (C=O) groups excluding carboxylic acids is 1. The van der Waals surface area contributed by atoms with E-state index in [0.29, 0.717) is 42.3 Å². The summed E-state index contributed by atoms with van der Waals surface area (Å²) in [7, 11) is 5.78. The van der Waals surface area contributed by atoms with E-state index in [1.807, 2.05) is 0 Å². The maximum absolute atomic E-state index is 13.1. The summed E-state index contributed by atoms with van der Waals surface area (Å²) in [4.78, 5) is 13.1. The number of hydrogen-bond acceptors (Lipinski definition) is 3. The topological polar surface area (TPSA) is 50.4 Å². The van der Waals surface area contributed by atoms with E-state index in [2.05, 4.69) is 31.9 Å². The second-order valence-corrected chi connectivity index (χ2v) is 7.69. The quantitative estimate of drug-likeness (QED) is 0.335. The molecule has 0 spiro atoms. The van der Waals surface area contributed by atoms with Crippen molar-refractivity contribution in [3.05, 3.63) is 56.2 Å². The Labute approximate surface area is 161 Å². The molecule has 0 bridgehead atoms. The minimum absolute atomic E-state index is 0.0299. The van der Waals surface area contributed by atoms with Gasteiger partial charge in [-0.25, -0.2) is 0 Å². The summed E-state index contributed by atoms with van der Waals surface area (Å²) in [5.74, 6) is 0.173. The van der Waals surface area contributed by atoms with Gasteiger partial charge in [-0.15, -0.1) is 11.6 Å². The molecule has 3 nitrogen and oxygen atoms in total. The predicted octanol–water partition coefficient (Wildman–Crippen LogP) is 4.99. The molecule has 0 aliphatic rings. The van der Waals surface area contributed by atoms with Crippen LogP contribution in [-0.4, -0.2) is 18.7 Å². The van der Waals surface area contributed by atoms with Gasteiger partial charge in [0.2, 0.25) is 0 Å². The van der Waals surface area contributed by atoms with Gasteiger partial charge >= 0.3 is 0 Å². The van der Waals surface area contributed by atoms with Crippen molar-refractivity contribution in [3.8, 4) is 5.75 Å². The molecule has 120 valence electrons. The van der Waals surface area contributed by atoms with Crippen LogP contribution >= 0.6 is 43.5 Å². The number of halogens is 3. The third-order valence-electron chi connectivity index (χ3n) is 3.61. The van der Waals surface area contributed by atoms with Gasteiger partial charge in [0.1, 0.15) is 24.9 Å². The number of benzene rings is 2. The molecule has 2 radical (unpaired) electrons. The van der Waals surface area contributed by atoms with Gasteiger partial charge in [-0.05, 0) is 57.0 Å². The van der Waals surface area contributed by atoms with Gasteiger partial charge in [-0.1, -0.05) is 17.6 Å². The molecular formula is C17H10BBr2ClO3. The van der Waals surface area contributed by atoms with E-state index in [1.54, 1.807) is 37.3 Å². The lowest BCUT2D eigenvalue weighted by atomic mass is 9.93. The van der Waals surface area contributed by atoms with Crippen molar-refractivity contribution in [3.63, 3.8) is 0 Å². The van der Waals surface area contributed by atoms with Gasteiger partial charge in [-0.3, -0.25) is 4.79 Å². The van der Waals surface area contributed by atoms with E-state index in [-0.39, 0.29) is 11.5 Å². The number of furan rings is 1. The fourth-order valence-corrected chi connectivity index (χ4v) is 3.83. The van der Waals surface area contributed by atoms with Crippen LogP contribution in [0.25, 0.3) is 11.0 Å². The van der Waals surface area contributed by atoms with Gasteiger partial charge in [0, 0.05) is 10.9 Å². The van der Waals surface area contributed by atoms with Gasteiger partial charge in [0.05, 0.1) is 19.9 Å². The zero-order chi connectivity index (χ0) is 17.6. The average Bonchev–Trinajstić information content (AvgIpc) is 2.90. The van der Waals surface area contributed by atoms with E-state index in [9.17, 15) is 9.90 Å². The highest BCUT2D eigenvalue weighted by molar-refractivity contribution is 9.11. The molecule has 7 heteroatoms. The molecule has 3 aromatic rings. The largest absolute Gasteiger partial charge is 0.506 e. The molecule has 1 aromatic heterocycles. The van der Waals surface area contributed by atoms with Gasteiger partial charge < -0.3 is 9.52 Å². The molecule has 0 saturated heterocycles. The Hall–Kier alpha value is -1.24. The van der Waals surface area contributed by atoms with Crippen LogP contribution in [0.5, 0.6) is 5.75 Å². The molecule has 0 aliphatic heterocycles. The zero-order valence-corrected chi connectivity index (χ0v) is 16.4. The molecule has 0 amide bonds. The van der Waals surface area contributed by atoms with E-state index < -0.39 is 5.38 Å². The molecule has 2 aromatic carbocycles. The standard InChI is InChI=1S/C17H10BBr2ClO3/c1-7(21)17-14(10-3-2-9(18)6-13(10)24-17)15(22)8-4-11(19)16(23)12(20)5-8/h2-7,23H,1H3. The molecule has 24 heavy (non-hydrogen) atoms. The van der Waals surface area contributed by atoms with Crippen molar-refractivity contribution in [2.24, 2.45) is 0 Å². The van der Waals surface area contributed by atoms with Crippen LogP contribution in [0.1, 0.15) is 34.0 Å². The fraction of sp³-hybridized carbons (Fsp3) is 0.118. The monoisotopic (exact) mass is 466 g/mol. The lowest BCUT2D eigenvalue weighted by Crippen LogP contribution is -2.05. The third kappa shape index (κ3) is 3.03. The van der Waals surface area contributed by atoms with Crippen molar-refractivity contribution in [1.82, 2.24) is 0 Å². The lowest BCUT2D eigenvalue weighted by molar-refractivity contribution is 0.103. The summed E-state index contributed by atoms with van der Waals surface area (Å²) in [6.07, 6.45) is 0. The second-order valence-electron chi connectivity index (χ2n) is 5.33. The van der Waals surface area contributed by atoms with Crippen molar-refractivity contribution in [1.29, 1.82) is 0 Å². The number of rotatable bonds is 3. The molecule has 3 rings (SSSR count). The molecule has 1 heterocycles. The molecule has 1 atom stereocenters. The van der Waals surface area contributed by atoms with Gasteiger partial charge in [0.15, 0.2) is 5.78 Å². The van der Waals surface area contributed by atoms with Crippen molar-refractivity contribution in [2.45, 2.75) is 12.3 Å². The van der Waals surface area contributed by atoms with Crippen molar-refractivity contribution < 1.29 is 14.3 Å². The van der Waals surface area contributed by atoms with E-state index in [4.69, 9.17) is 23.9 Å². The van der Waals surface area contributed by atoms with Gasteiger partial charge in [0.25, 0.3) is 0 Å². The summed E-state index contributed by atoms with van der Waals surface area (Å²) in [6, 6.07) is 8.23. The summed E-state index contributed by atoms with van der Waals surface area (Å²) in [6.45, 7) is 1.74. The maximum atomic E-state index is 13.1. The van der Waals surface area contributed by atoms with Crippen molar-refractivity contribution in [2.75, 3.05) is 0 Å². The number of phenolic OH excluding ortho intramolecular Hbond substituents is 1. The Balaban J connectivity index is 2.24. The normalized spacial score (nSPS) is 12.5. The molecule has 0 aliphatic carbocycles. The Morgan fingerprint density at radius 1 is 1.25 bits per heavy atom. The van der Waals surface area contributed by atoms with Crippen LogP contribution in [0.4, 0.5) is 0 Å². The average molecular weight is 468 g/mol.